The largest absolute Gasteiger partial charge is 0.372 e. The highest BCUT2D eigenvalue weighted by molar-refractivity contribution is 5.86. The van der Waals surface area contributed by atoms with Gasteiger partial charge in [-0.2, -0.15) is 0 Å². The number of rotatable bonds is 11. The van der Waals surface area contributed by atoms with Crippen LogP contribution in [0.2, 0.25) is 0 Å². The van der Waals surface area contributed by atoms with Gasteiger partial charge in [0.1, 0.15) is 0 Å². The van der Waals surface area contributed by atoms with Crippen LogP contribution in [-0.4, -0.2) is 26.2 Å². The number of benzene rings is 4. The maximum atomic E-state index is 2.38. The number of hydrogen-bond donors (Lipinski definition) is 0. The maximum Gasteiger partial charge on any atom is 0.0366 e. The molecule has 4 aromatic rings. The zero-order chi connectivity index (χ0) is 26.7. The molecular formula is C36H40N2. The second kappa shape index (κ2) is 13.5. The third-order valence-electron chi connectivity index (χ3n) is 7.20. The lowest BCUT2D eigenvalue weighted by Crippen LogP contribution is -2.21. The molecule has 0 unspecified atom stereocenters. The molecule has 0 aliphatic rings. The van der Waals surface area contributed by atoms with Gasteiger partial charge in [0, 0.05) is 37.6 Å². The molecule has 0 bridgehead atoms. The molecule has 0 saturated heterocycles. The summed E-state index contributed by atoms with van der Waals surface area (Å²) in [6.07, 6.45) is 4.56. The van der Waals surface area contributed by atoms with Gasteiger partial charge in [0.25, 0.3) is 0 Å². The molecule has 4 rings (SSSR count). The molecule has 0 atom stereocenters. The van der Waals surface area contributed by atoms with Crippen LogP contribution in [-0.2, 0) is 0 Å². The van der Waals surface area contributed by atoms with E-state index in [1.807, 2.05) is 0 Å². The van der Waals surface area contributed by atoms with Crippen LogP contribution in [0.3, 0.4) is 0 Å². The van der Waals surface area contributed by atoms with E-state index in [4.69, 9.17) is 0 Å². The molecule has 2 nitrogen and oxygen atoms in total. The zero-order valence-corrected chi connectivity index (χ0v) is 23.3. The van der Waals surface area contributed by atoms with Crippen LogP contribution in [0.1, 0.15) is 49.9 Å². The summed E-state index contributed by atoms with van der Waals surface area (Å²) in [5.41, 5.74) is 9.81. The van der Waals surface area contributed by atoms with Crippen molar-refractivity contribution in [1.29, 1.82) is 0 Å². The molecular weight excluding hydrogens is 460 g/mol. The number of hydrogen-bond acceptors (Lipinski definition) is 2. The first-order valence-corrected chi connectivity index (χ1v) is 13.9. The molecule has 2 heteroatoms. The Kier molecular flexibility index (Phi) is 9.59. The first-order chi connectivity index (χ1) is 18.7. The highest BCUT2D eigenvalue weighted by Crippen LogP contribution is 2.30. The van der Waals surface area contributed by atoms with Gasteiger partial charge < -0.3 is 9.80 Å². The highest BCUT2D eigenvalue weighted by Gasteiger charge is 2.10. The summed E-state index contributed by atoms with van der Waals surface area (Å²) in [6, 6.07) is 39.3. The fourth-order valence-electron chi connectivity index (χ4n) is 5.00. The lowest BCUT2D eigenvalue weighted by atomic mass is 9.93. The van der Waals surface area contributed by atoms with Crippen LogP contribution in [0.25, 0.3) is 11.1 Å². The summed E-state index contributed by atoms with van der Waals surface area (Å²) in [7, 11) is 0. The topological polar surface area (TPSA) is 6.48 Å². The van der Waals surface area contributed by atoms with E-state index < -0.39 is 0 Å². The van der Waals surface area contributed by atoms with Gasteiger partial charge in [-0.15, -0.1) is 0 Å². The van der Waals surface area contributed by atoms with Gasteiger partial charge in [0.05, 0.1) is 0 Å². The van der Waals surface area contributed by atoms with Crippen molar-refractivity contribution in [2.75, 3.05) is 36.0 Å². The van der Waals surface area contributed by atoms with Crippen molar-refractivity contribution in [3.05, 3.63) is 144 Å². The molecule has 4 aromatic carbocycles. The molecule has 38 heavy (non-hydrogen) atoms. The van der Waals surface area contributed by atoms with Crippen LogP contribution < -0.4 is 9.80 Å². The van der Waals surface area contributed by atoms with E-state index in [1.54, 1.807) is 0 Å². The van der Waals surface area contributed by atoms with Crippen molar-refractivity contribution in [2.24, 2.45) is 0 Å². The van der Waals surface area contributed by atoms with Crippen molar-refractivity contribution >= 4 is 22.5 Å². The molecule has 0 aromatic heterocycles. The van der Waals surface area contributed by atoms with Gasteiger partial charge in [-0.05, 0) is 85.4 Å². The van der Waals surface area contributed by atoms with Gasteiger partial charge in [-0.1, -0.05) is 97.1 Å². The van der Waals surface area contributed by atoms with E-state index in [0.717, 1.165) is 26.2 Å². The number of nitrogens with zero attached hydrogens (tertiary/aromatic N) is 2. The second-order valence-corrected chi connectivity index (χ2v) is 9.33. The average molecular weight is 501 g/mol. The Hall–Kier alpha value is -4.04. The highest BCUT2D eigenvalue weighted by atomic mass is 15.1. The first kappa shape index (κ1) is 27.0. The standard InChI is InChI=1S/C36H40N2/c1-5-37(6-2)33-23-19-31(20-24-33)36(32-21-25-34(26-22-32)38(7-3)8-4)28-27-35(29-15-11-9-12-16-29)30-17-13-10-14-18-30/h9-28H,5-8H2,1-4H3. The van der Waals surface area contributed by atoms with E-state index >= 15 is 0 Å². The normalized spacial score (nSPS) is 10.5. The smallest absolute Gasteiger partial charge is 0.0366 e. The lowest BCUT2D eigenvalue weighted by Gasteiger charge is -2.22. The van der Waals surface area contributed by atoms with E-state index in [2.05, 4.69) is 159 Å². The minimum atomic E-state index is 1.01. The third kappa shape index (κ3) is 6.44. The summed E-state index contributed by atoms with van der Waals surface area (Å²) >= 11 is 0. The molecule has 0 aliphatic carbocycles. The van der Waals surface area contributed by atoms with E-state index in [9.17, 15) is 0 Å². The van der Waals surface area contributed by atoms with Gasteiger partial charge in [0.2, 0.25) is 0 Å². The van der Waals surface area contributed by atoms with Crippen LogP contribution in [0.5, 0.6) is 0 Å². The van der Waals surface area contributed by atoms with Crippen molar-refractivity contribution in [3.8, 4) is 0 Å². The average Bonchev–Trinajstić information content (AvgIpc) is 2.99. The van der Waals surface area contributed by atoms with E-state index in [-0.39, 0.29) is 0 Å². The molecule has 0 amide bonds. The molecule has 0 fully saturated rings. The second-order valence-electron chi connectivity index (χ2n) is 9.33. The van der Waals surface area contributed by atoms with Crippen molar-refractivity contribution < 1.29 is 0 Å². The van der Waals surface area contributed by atoms with Gasteiger partial charge in [-0.25, -0.2) is 0 Å². The van der Waals surface area contributed by atoms with Crippen LogP contribution in [0, 0.1) is 0 Å². The monoisotopic (exact) mass is 500 g/mol. The van der Waals surface area contributed by atoms with Crippen LogP contribution >= 0.6 is 0 Å². The van der Waals surface area contributed by atoms with E-state index in [1.165, 1.54) is 44.8 Å². The number of anilines is 2. The van der Waals surface area contributed by atoms with Crippen molar-refractivity contribution in [1.82, 2.24) is 0 Å². The quantitative estimate of drug-likeness (QED) is 0.190. The Balaban J connectivity index is 1.83. The predicted octanol–water partition coefficient (Wildman–Crippen LogP) is 8.94. The van der Waals surface area contributed by atoms with Crippen LogP contribution in [0.4, 0.5) is 11.4 Å². The van der Waals surface area contributed by atoms with E-state index in [0.29, 0.717) is 0 Å². The summed E-state index contributed by atoms with van der Waals surface area (Å²) in [4.78, 5) is 4.77. The first-order valence-electron chi connectivity index (χ1n) is 13.9. The molecule has 194 valence electrons. The third-order valence-corrected chi connectivity index (χ3v) is 7.20. The molecule has 0 spiro atoms. The Morgan fingerprint density at radius 1 is 0.421 bits per heavy atom. The van der Waals surface area contributed by atoms with Crippen molar-refractivity contribution in [3.63, 3.8) is 0 Å². The minimum Gasteiger partial charge on any atom is -0.372 e. The molecule has 0 heterocycles. The molecule has 0 N–H and O–H groups in total. The van der Waals surface area contributed by atoms with Gasteiger partial charge >= 0.3 is 0 Å². The summed E-state index contributed by atoms with van der Waals surface area (Å²) in [6.45, 7) is 12.9. The minimum absolute atomic E-state index is 1.01. The Morgan fingerprint density at radius 2 is 0.711 bits per heavy atom. The van der Waals surface area contributed by atoms with Gasteiger partial charge in [0.15, 0.2) is 0 Å². The lowest BCUT2D eigenvalue weighted by molar-refractivity contribution is 0.866. The van der Waals surface area contributed by atoms with Gasteiger partial charge in [-0.3, -0.25) is 0 Å². The predicted molar refractivity (Wildman–Crippen MR) is 167 cm³/mol. The SMILES string of the molecule is CCN(CC)c1ccc(C(=CC=C(c2ccccc2)c2ccccc2)c2ccc(N(CC)CC)cc2)cc1. The summed E-state index contributed by atoms with van der Waals surface area (Å²) in [5, 5.41) is 0. The molecule has 0 radical (unpaired) electrons. The summed E-state index contributed by atoms with van der Waals surface area (Å²) < 4.78 is 0. The van der Waals surface area contributed by atoms with Crippen molar-refractivity contribution in [2.45, 2.75) is 27.7 Å². The number of allylic oxidation sites excluding steroid dienone is 2. The molecule has 0 saturated carbocycles. The Morgan fingerprint density at radius 3 is 1.00 bits per heavy atom. The summed E-state index contributed by atoms with van der Waals surface area (Å²) in [5.74, 6) is 0. The Labute approximate surface area is 229 Å². The fourth-order valence-corrected chi connectivity index (χ4v) is 5.00. The Bertz CT molecular complexity index is 1210. The van der Waals surface area contributed by atoms with Crippen LogP contribution in [0.15, 0.2) is 121 Å². The maximum absolute atomic E-state index is 2.38. The zero-order valence-electron chi connectivity index (χ0n) is 23.3. The molecule has 0 aliphatic heterocycles. The fraction of sp³-hybridized carbons (Fsp3) is 0.222.